The van der Waals surface area contributed by atoms with Crippen LogP contribution in [0.1, 0.15) is 20.8 Å². The third kappa shape index (κ3) is 8.25. The van der Waals surface area contributed by atoms with Crippen molar-refractivity contribution in [1.29, 1.82) is 0 Å². The van der Waals surface area contributed by atoms with Gasteiger partial charge in [0.2, 0.25) is 5.91 Å². The quantitative estimate of drug-likeness (QED) is 0.765. The normalized spacial score (nSPS) is 11.6. The number of para-hydroxylation sites is 2. The Hall–Kier alpha value is -2.45. The number of alkyl halides is 3. The maximum Gasteiger partial charge on any atom is 0.422 e. The molecule has 1 aromatic rings. The van der Waals surface area contributed by atoms with E-state index in [4.69, 9.17) is 0 Å². The lowest BCUT2D eigenvalue weighted by atomic mass is 10.1. The number of urea groups is 1. The molecule has 0 atom stereocenters. The largest absolute Gasteiger partial charge is 0.482 e. The molecule has 3 amide bonds. The average molecular weight is 347 g/mol. The van der Waals surface area contributed by atoms with Crippen LogP contribution in [-0.4, -0.2) is 36.8 Å². The van der Waals surface area contributed by atoms with E-state index in [-0.39, 0.29) is 18.0 Å². The number of benzene rings is 1. The van der Waals surface area contributed by atoms with Crippen LogP contribution in [0.15, 0.2) is 24.3 Å². The first-order valence-electron chi connectivity index (χ1n) is 7.11. The fourth-order valence-electron chi connectivity index (χ4n) is 1.62. The molecule has 134 valence electrons. The standard InChI is InChI=1S/C15H20F3N3O3/c1-14(2,3)21-13(23)20-12(22)8-19-10-6-4-5-7-11(10)24-9-15(16,17)18/h4-7,19H,8-9H2,1-3H3,(H2,20,21,22,23). The molecule has 0 heterocycles. The molecule has 0 radical (unpaired) electrons. The first-order valence-corrected chi connectivity index (χ1v) is 7.11. The second kappa shape index (κ2) is 7.89. The van der Waals surface area contributed by atoms with Gasteiger partial charge >= 0.3 is 12.2 Å². The van der Waals surface area contributed by atoms with Crippen LogP contribution >= 0.6 is 0 Å². The fourth-order valence-corrected chi connectivity index (χ4v) is 1.62. The molecule has 0 saturated heterocycles. The number of imide groups is 1. The molecule has 0 fully saturated rings. The van der Waals surface area contributed by atoms with E-state index in [1.807, 2.05) is 0 Å². The van der Waals surface area contributed by atoms with Gasteiger partial charge in [-0.25, -0.2) is 4.79 Å². The van der Waals surface area contributed by atoms with Gasteiger partial charge in [0.05, 0.1) is 12.2 Å². The molecular weight excluding hydrogens is 327 g/mol. The Morgan fingerprint density at radius 1 is 1.12 bits per heavy atom. The number of halogens is 3. The highest BCUT2D eigenvalue weighted by atomic mass is 19.4. The van der Waals surface area contributed by atoms with E-state index in [2.05, 4.69) is 20.7 Å². The molecule has 9 heteroatoms. The number of ether oxygens (including phenoxy) is 1. The summed E-state index contributed by atoms with van der Waals surface area (Å²) in [7, 11) is 0. The molecule has 0 aromatic heterocycles. The van der Waals surface area contributed by atoms with Gasteiger partial charge in [0, 0.05) is 5.54 Å². The van der Waals surface area contributed by atoms with Gasteiger partial charge in [-0.2, -0.15) is 13.2 Å². The molecule has 1 aromatic carbocycles. The van der Waals surface area contributed by atoms with E-state index in [9.17, 15) is 22.8 Å². The number of carbonyl (C=O) groups excluding carboxylic acids is 2. The minimum absolute atomic E-state index is 0.0400. The van der Waals surface area contributed by atoms with Gasteiger partial charge in [-0.3, -0.25) is 10.1 Å². The number of hydrogen-bond acceptors (Lipinski definition) is 4. The maximum absolute atomic E-state index is 12.2. The molecule has 1 rings (SSSR count). The highest BCUT2D eigenvalue weighted by molar-refractivity contribution is 5.96. The predicted octanol–water partition coefficient (Wildman–Crippen LogP) is 2.66. The van der Waals surface area contributed by atoms with Crippen LogP contribution in [0, 0.1) is 0 Å². The van der Waals surface area contributed by atoms with Crippen molar-refractivity contribution < 1.29 is 27.5 Å². The van der Waals surface area contributed by atoms with E-state index in [0.29, 0.717) is 0 Å². The number of nitrogens with one attached hydrogen (secondary N) is 3. The summed E-state index contributed by atoms with van der Waals surface area (Å²) in [6, 6.07) is 5.24. The van der Waals surface area contributed by atoms with Crippen molar-refractivity contribution in [2.45, 2.75) is 32.5 Å². The highest BCUT2D eigenvalue weighted by Crippen LogP contribution is 2.25. The zero-order chi connectivity index (χ0) is 18.4. The highest BCUT2D eigenvalue weighted by Gasteiger charge is 2.28. The van der Waals surface area contributed by atoms with E-state index in [0.717, 1.165) is 0 Å². The summed E-state index contributed by atoms with van der Waals surface area (Å²) < 4.78 is 41.3. The van der Waals surface area contributed by atoms with Gasteiger partial charge in [-0.05, 0) is 32.9 Å². The maximum atomic E-state index is 12.2. The summed E-state index contributed by atoms with van der Waals surface area (Å²) in [5.74, 6) is -0.677. The monoisotopic (exact) mass is 347 g/mol. The SMILES string of the molecule is CC(C)(C)NC(=O)NC(=O)CNc1ccccc1OCC(F)(F)F. The molecule has 24 heavy (non-hydrogen) atoms. The van der Waals surface area contributed by atoms with Gasteiger partial charge in [-0.1, -0.05) is 12.1 Å². The molecule has 0 aliphatic heterocycles. The van der Waals surface area contributed by atoms with Crippen LogP contribution in [0.5, 0.6) is 5.75 Å². The minimum atomic E-state index is -4.46. The van der Waals surface area contributed by atoms with Crippen LogP contribution < -0.4 is 20.7 Å². The van der Waals surface area contributed by atoms with Gasteiger partial charge in [0.1, 0.15) is 5.75 Å². The van der Waals surface area contributed by atoms with Crippen molar-refractivity contribution in [1.82, 2.24) is 10.6 Å². The summed E-state index contributed by atoms with van der Waals surface area (Å²) in [5, 5.41) is 7.29. The van der Waals surface area contributed by atoms with Gasteiger partial charge in [-0.15, -0.1) is 0 Å². The lowest BCUT2D eigenvalue weighted by Gasteiger charge is -2.20. The number of rotatable bonds is 5. The molecule has 0 saturated carbocycles. The Bertz CT molecular complexity index is 583. The summed E-state index contributed by atoms with van der Waals surface area (Å²) in [5.41, 5.74) is -0.288. The fraction of sp³-hybridized carbons (Fsp3) is 0.467. The van der Waals surface area contributed by atoms with Crippen LogP contribution in [-0.2, 0) is 4.79 Å². The molecule has 0 aliphatic rings. The summed E-state index contributed by atoms with van der Waals surface area (Å²) >= 11 is 0. The van der Waals surface area contributed by atoms with Crippen molar-refractivity contribution in [2.75, 3.05) is 18.5 Å². The van der Waals surface area contributed by atoms with Gasteiger partial charge in [0.15, 0.2) is 6.61 Å². The molecule has 0 spiro atoms. The molecular formula is C15H20F3N3O3. The Morgan fingerprint density at radius 2 is 1.75 bits per heavy atom. The van der Waals surface area contributed by atoms with E-state index < -0.39 is 30.3 Å². The lowest BCUT2D eigenvalue weighted by molar-refractivity contribution is -0.153. The van der Waals surface area contributed by atoms with Gasteiger partial charge in [0.25, 0.3) is 0 Å². The zero-order valence-corrected chi connectivity index (χ0v) is 13.6. The second-order valence-corrected chi connectivity index (χ2v) is 6.01. The molecule has 0 bridgehead atoms. The molecule has 0 unspecified atom stereocenters. The third-order valence-electron chi connectivity index (χ3n) is 2.46. The third-order valence-corrected chi connectivity index (χ3v) is 2.46. The van der Waals surface area contributed by atoms with E-state index in [1.54, 1.807) is 26.8 Å². The number of amides is 3. The Labute approximate surface area is 137 Å². The van der Waals surface area contributed by atoms with Crippen LogP contribution in [0.25, 0.3) is 0 Å². The smallest absolute Gasteiger partial charge is 0.422 e. The Kier molecular flexibility index (Phi) is 6.44. The Balaban J connectivity index is 2.55. The van der Waals surface area contributed by atoms with Crippen LogP contribution in [0.4, 0.5) is 23.7 Å². The number of anilines is 1. The van der Waals surface area contributed by atoms with Gasteiger partial charge < -0.3 is 15.4 Å². The molecule has 6 nitrogen and oxygen atoms in total. The van der Waals surface area contributed by atoms with Crippen LogP contribution in [0.2, 0.25) is 0 Å². The summed E-state index contributed by atoms with van der Waals surface area (Å²) in [6.45, 7) is 3.52. The van der Waals surface area contributed by atoms with Crippen molar-refractivity contribution >= 4 is 17.6 Å². The molecule has 0 aliphatic carbocycles. The van der Waals surface area contributed by atoms with E-state index in [1.165, 1.54) is 18.2 Å². The van der Waals surface area contributed by atoms with E-state index >= 15 is 0 Å². The number of carbonyl (C=O) groups is 2. The second-order valence-electron chi connectivity index (χ2n) is 6.01. The average Bonchev–Trinajstić information content (AvgIpc) is 2.40. The minimum Gasteiger partial charge on any atom is -0.482 e. The predicted molar refractivity (Wildman–Crippen MR) is 82.9 cm³/mol. The lowest BCUT2D eigenvalue weighted by Crippen LogP contribution is -2.49. The zero-order valence-electron chi connectivity index (χ0n) is 13.6. The van der Waals surface area contributed by atoms with Crippen molar-refractivity contribution in [3.63, 3.8) is 0 Å². The summed E-state index contributed by atoms with van der Waals surface area (Å²) in [4.78, 5) is 23.2. The first kappa shape index (κ1) is 19.6. The van der Waals surface area contributed by atoms with Crippen LogP contribution in [0.3, 0.4) is 0 Å². The number of hydrogen-bond donors (Lipinski definition) is 3. The van der Waals surface area contributed by atoms with Crippen molar-refractivity contribution in [3.05, 3.63) is 24.3 Å². The topological polar surface area (TPSA) is 79.5 Å². The first-order chi connectivity index (χ1) is 11.0. The van der Waals surface area contributed by atoms with Crippen molar-refractivity contribution in [2.24, 2.45) is 0 Å². The molecule has 3 N–H and O–H groups in total. The Morgan fingerprint density at radius 3 is 2.33 bits per heavy atom. The van der Waals surface area contributed by atoms with Crippen molar-refractivity contribution in [3.8, 4) is 5.75 Å². The summed E-state index contributed by atoms with van der Waals surface area (Å²) in [6.07, 6.45) is -4.46.